The predicted molar refractivity (Wildman–Crippen MR) is 106 cm³/mol. The Bertz CT molecular complexity index is 427. The summed E-state index contributed by atoms with van der Waals surface area (Å²) in [4.78, 5) is 4.46. The zero-order valence-corrected chi connectivity index (χ0v) is 16.6. The van der Waals surface area contributed by atoms with Crippen LogP contribution in [0.4, 0.5) is 0 Å². The number of aliphatic hydroxyl groups excluding tert-OH is 1. The summed E-state index contributed by atoms with van der Waals surface area (Å²) in [5, 5.41) is 16.2. The van der Waals surface area contributed by atoms with Crippen LogP contribution in [-0.2, 0) is 11.3 Å². The number of aliphatic hydroxyl groups is 1. The van der Waals surface area contributed by atoms with E-state index in [-0.39, 0.29) is 24.0 Å². The molecule has 1 aromatic carbocycles. The van der Waals surface area contributed by atoms with Gasteiger partial charge in [0.2, 0.25) is 0 Å². The van der Waals surface area contributed by atoms with Gasteiger partial charge in [-0.3, -0.25) is 4.99 Å². The van der Waals surface area contributed by atoms with Gasteiger partial charge in [-0.25, -0.2) is 0 Å². The number of ether oxygens (including phenoxy) is 1. The summed E-state index contributed by atoms with van der Waals surface area (Å²) in [5.74, 6) is 1.24. The summed E-state index contributed by atoms with van der Waals surface area (Å²) in [6.45, 7) is 9.05. The van der Waals surface area contributed by atoms with Gasteiger partial charge in [0.25, 0.3) is 0 Å². The Morgan fingerprint density at radius 3 is 2.52 bits per heavy atom. The molecule has 0 amide bonds. The number of guanidine groups is 1. The van der Waals surface area contributed by atoms with Crippen molar-refractivity contribution in [3.8, 4) is 0 Å². The number of benzene rings is 1. The second-order valence-electron chi connectivity index (χ2n) is 5.65. The van der Waals surface area contributed by atoms with Gasteiger partial charge in [0.15, 0.2) is 5.96 Å². The van der Waals surface area contributed by atoms with Gasteiger partial charge in [-0.15, -0.1) is 24.0 Å². The Balaban J connectivity index is 0.00000484. The van der Waals surface area contributed by atoms with Crippen LogP contribution < -0.4 is 10.6 Å². The van der Waals surface area contributed by atoms with Crippen molar-refractivity contribution in [3.05, 3.63) is 35.9 Å². The molecule has 0 bridgehead atoms. The van der Waals surface area contributed by atoms with Gasteiger partial charge in [-0.2, -0.15) is 0 Å². The summed E-state index contributed by atoms with van der Waals surface area (Å²) in [6, 6.07) is 9.94. The molecule has 3 N–H and O–H groups in total. The van der Waals surface area contributed by atoms with Crippen LogP contribution in [0.3, 0.4) is 0 Å². The molecule has 0 aromatic heterocycles. The molecule has 0 aliphatic heterocycles. The molecule has 6 heteroatoms. The lowest BCUT2D eigenvalue weighted by Crippen LogP contribution is -2.42. The van der Waals surface area contributed by atoms with Crippen LogP contribution in [0.15, 0.2) is 35.3 Å². The maximum atomic E-state index is 9.95. The molecule has 132 valence electrons. The highest BCUT2D eigenvalue weighted by Gasteiger charge is 2.06. The molecule has 0 radical (unpaired) electrons. The standard InChI is InChI=1S/C17H29N3O2.HI/c1-4-18-17(19-10-14(2)3)20-11-16(21)13-22-12-15-8-6-5-7-9-15;/h5-9,14,16,21H,4,10-13H2,1-3H3,(H2,18,19,20);1H. The smallest absolute Gasteiger partial charge is 0.191 e. The summed E-state index contributed by atoms with van der Waals surface area (Å²) in [6.07, 6.45) is -0.563. The number of halogens is 1. The molecule has 0 spiro atoms. The van der Waals surface area contributed by atoms with Crippen molar-refractivity contribution in [2.45, 2.75) is 33.5 Å². The van der Waals surface area contributed by atoms with Gasteiger partial charge in [0.1, 0.15) is 0 Å². The number of hydrogen-bond acceptors (Lipinski definition) is 3. The normalized spacial score (nSPS) is 12.7. The molecular formula is C17H30IN3O2. The molecule has 5 nitrogen and oxygen atoms in total. The number of nitrogens with zero attached hydrogens (tertiary/aromatic N) is 1. The Morgan fingerprint density at radius 1 is 1.22 bits per heavy atom. The van der Waals surface area contributed by atoms with Crippen molar-refractivity contribution in [2.24, 2.45) is 10.9 Å². The first kappa shape index (κ1) is 22.1. The molecule has 1 unspecified atom stereocenters. The van der Waals surface area contributed by atoms with Crippen LogP contribution in [0.25, 0.3) is 0 Å². The first-order valence-electron chi connectivity index (χ1n) is 7.93. The Morgan fingerprint density at radius 2 is 1.91 bits per heavy atom. The van der Waals surface area contributed by atoms with Crippen LogP contribution >= 0.6 is 24.0 Å². The van der Waals surface area contributed by atoms with Gasteiger partial charge < -0.3 is 20.5 Å². The van der Waals surface area contributed by atoms with E-state index >= 15 is 0 Å². The van der Waals surface area contributed by atoms with Crippen LogP contribution in [0.2, 0.25) is 0 Å². The van der Waals surface area contributed by atoms with Crippen molar-refractivity contribution >= 4 is 29.9 Å². The van der Waals surface area contributed by atoms with Crippen molar-refractivity contribution < 1.29 is 9.84 Å². The minimum absolute atomic E-state index is 0. The van der Waals surface area contributed by atoms with Crippen LogP contribution in [-0.4, -0.2) is 43.4 Å². The monoisotopic (exact) mass is 435 g/mol. The van der Waals surface area contributed by atoms with Crippen molar-refractivity contribution in [1.29, 1.82) is 0 Å². The molecule has 1 atom stereocenters. The molecule has 23 heavy (non-hydrogen) atoms. The van der Waals surface area contributed by atoms with Crippen molar-refractivity contribution in [1.82, 2.24) is 10.6 Å². The molecule has 1 aromatic rings. The number of hydrogen-bond donors (Lipinski definition) is 3. The minimum Gasteiger partial charge on any atom is -0.389 e. The van der Waals surface area contributed by atoms with Gasteiger partial charge in [-0.05, 0) is 18.4 Å². The fourth-order valence-corrected chi connectivity index (χ4v) is 1.78. The third-order valence-electron chi connectivity index (χ3n) is 2.89. The number of rotatable bonds is 9. The van der Waals surface area contributed by atoms with Crippen LogP contribution in [0.5, 0.6) is 0 Å². The van der Waals surface area contributed by atoms with E-state index in [9.17, 15) is 5.11 Å². The van der Waals surface area contributed by atoms with E-state index in [1.807, 2.05) is 37.3 Å². The largest absolute Gasteiger partial charge is 0.389 e. The fourth-order valence-electron chi connectivity index (χ4n) is 1.78. The van der Waals surface area contributed by atoms with E-state index in [1.165, 1.54) is 0 Å². The van der Waals surface area contributed by atoms with Crippen molar-refractivity contribution in [3.63, 3.8) is 0 Å². The lowest BCUT2D eigenvalue weighted by molar-refractivity contribution is 0.0308. The first-order valence-corrected chi connectivity index (χ1v) is 7.93. The quantitative estimate of drug-likeness (QED) is 0.317. The molecular weight excluding hydrogens is 405 g/mol. The fraction of sp³-hybridized carbons (Fsp3) is 0.588. The topological polar surface area (TPSA) is 65.9 Å². The van der Waals surface area contributed by atoms with E-state index in [4.69, 9.17) is 4.74 Å². The van der Waals surface area contributed by atoms with Gasteiger partial charge in [-0.1, -0.05) is 44.2 Å². The van der Waals surface area contributed by atoms with E-state index in [0.717, 1.165) is 24.6 Å². The Hall–Kier alpha value is -0.860. The zero-order valence-electron chi connectivity index (χ0n) is 14.3. The minimum atomic E-state index is -0.563. The predicted octanol–water partition coefficient (Wildman–Crippen LogP) is 2.39. The molecule has 0 saturated heterocycles. The SMILES string of the molecule is CCNC(=NCC(C)C)NCC(O)COCc1ccccc1.I. The summed E-state index contributed by atoms with van der Waals surface area (Å²) >= 11 is 0. The summed E-state index contributed by atoms with van der Waals surface area (Å²) in [7, 11) is 0. The maximum Gasteiger partial charge on any atom is 0.191 e. The van der Waals surface area contributed by atoms with Crippen molar-refractivity contribution in [2.75, 3.05) is 26.2 Å². The lowest BCUT2D eigenvalue weighted by Gasteiger charge is -2.16. The molecule has 0 fully saturated rings. The highest BCUT2D eigenvalue weighted by molar-refractivity contribution is 14.0. The van der Waals surface area contributed by atoms with E-state index in [0.29, 0.717) is 25.7 Å². The van der Waals surface area contributed by atoms with E-state index < -0.39 is 6.10 Å². The van der Waals surface area contributed by atoms with Gasteiger partial charge >= 0.3 is 0 Å². The second kappa shape index (κ2) is 13.6. The molecule has 1 rings (SSSR count). The second-order valence-corrected chi connectivity index (χ2v) is 5.65. The van der Waals surface area contributed by atoms with Gasteiger partial charge in [0.05, 0.1) is 19.3 Å². The summed E-state index contributed by atoms with van der Waals surface area (Å²) in [5.41, 5.74) is 1.11. The molecule has 0 aliphatic rings. The molecule has 0 saturated carbocycles. The summed E-state index contributed by atoms with van der Waals surface area (Å²) < 4.78 is 5.52. The molecule has 0 aliphatic carbocycles. The zero-order chi connectivity index (χ0) is 16.2. The maximum absolute atomic E-state index is 9.95. The average molecular weight is 435 g/mol. The average Bonchev–Trinajstić information content (AvgIpc) is 2.51. The van der Waals surface area contributed by atoms with E-state index in [1.54, 1.807) is 0 Å². The molecule has 0 heterocycles. The highest BCUT2D eigenvalue weighted by atomic mass is 127. The van der Waals surface area contributed by atoms with Crippen LogP contribution in [0, 0.1) is 5.92 Å². The van der Waals surface area contributed by atoms with Crippen LogP contribution in [0.1, 0.15) is 26.3 Å². The first-order chi connectivity index (χ1) is 10.6. The number of aliphatic imine (C=N–C) groups is 1. The van der Waals surface area contributed by atoms with Gasteiger partial charge in [0, 0.05) is 19.6 Å². The third kappa shape index (κ3) is 11.3. The third-order valence-corrected chi connectivity index (χ3v) is 2.89. The number of nitrogens with one attached hydrogen (secondary N) is 2. The Kier molecular flexibility index (Phi) is 13.1. The Labute approximate surface area is 156 Å². The lowest BCUT2D eigenvalue weighted by atomic mass is 10.2. The van der Waals surface area contributed by atoms with E-state index in [2.05, 4.69) is 29.5 Å². The highest BCUT2D eigenvalue weighted by Crippen LogP contribution is 2.00.